The summed E-state index contributed by atoms with van der Waals surface area (Å²) in [5.74, 6) is 0.880. The molecule has 1 atom stereocenters. The summed E-state index contributed by atoms with van der Waals surface area (Å²) >= 11 is 9.58. The molecular formula is C16H23BrClNO. The van der Waals surface area contributed by atoms with Crippen molar-refractivity contribution in [1.29, 1.82) is 0 Å². The van der Waals surface area contributed by atoms with E-state index in [2.05, 4.69) is 34.7 Å². The average molecular weight is 361 g/mol. The summed E-state index contributed by atoms with van der Waals surface area (Å²) in [6.07, 6.45) is 2.97. The van der Waals surface area contributed by atoms with Gasteiger partial charge in [0.2, 0.25) is 0 Å². The van der Waals surface area contributed by atoms with Crippen molar-refractivity contribution in [1.82, 2.24) is 4.90 Å². The molecule has 0 heterocycles. The summed E-state index contributed by atoms with van der Waals surface area (Å²) < 4.78 is 0.941. The van der Waals surface area contributed by atoms with E-state index < -0.39 is 6.10 Å². The van der Waals surface area contributed by atoms with Crippen molar-refractivity contribution in [3.8, 4) is 0 Å². The lowest BCUT2D eigenvalue weighted by Crippen LogP contribution is -2.34. The van der Waals surface area contributed by atoms with Crippen molar-refractivity contribution in [2.45, 2.75) is 45.3 Å². The molecule has 0 aromatic heterocycles. The topological polar surface area (TPSA) is 23.5 Å². The predicted octanol–water partition coefficient (Wildman–Crippen LogP) is 4.65. The standard InChI is InChI=1S/C16H23BrClNO/c1-11(2)19(10-12-3-4-12)8-7-16(20)14-6-5-13(17)9-15(14)18/h5-6,9,11-12,16,20H,3-4,7-8,10H2,1-2H3. The molecule has 1 N–H and O–H groups in total. The molecule has 0 radical (unpaired) electrons. The molecule has 2 nitrogen and oxygen atoms in total. The zero-order valence-electron chi connectivity index (χ0n) is 12.1. The fourth-order valence-electron chi connectivity index (χ4n) is 2.41. The van der Waals surface area contributed by atoms with Gasteiger partial charge in [-0.2, -0.15) is 0 Å². The van der Waals surface area contributed by atoms with Crippen molar-refractivity contribution in [2.24, 2.45) is 5.92 Å². The molecule has 1 aliphatic carbocycles. The molecule has 112 valence electrons. The summed E-state index contributed by atoms with van der Waals surface area (Å²) in [6.45, 7) is 6.53. The lowest BCUT2D eigenvalue weighted by molar-refractivity contribution is 0.128. The average Bonchev–Trinajstić information content (AvgIpc) is 3.17. The second-order valence-corrected chi connectivity index (χ2v) is 7.33. The first-order valence-corrected chi connectivity index (χ1v) is 8.51. The summed E-state index contributed by atoms with van der Waals surface area (Å²) in [6, 6.07) is 6.19. The highest BCUT2D eigenvalue weighted by Gasteiger charge is 2.25. The Hall–Kier alpha value is -0.0900. The first kappa shape index (κ1) is 16.3. The molecule has 20 heavy (non-hydrogen) atoms. The van der Waals surface area contributed by atoms with Crippen LogP contribution in [-0.4, -0.2) is 29.1 Å². The van der Waals surface area contributed by atoms with Crippen LogP contribution >= 0.6 is 27.5 Å². The summed E-state index contributed by atoms with van der Waals surface area (Å²) in [5, 5.41) is 11.0. The third-order valence-electron chi connectivity index (χ3n) is 3.93. The van der Waals surface area contributed by atoms with Crippen molar-refractivity contribution < 1.29 is 5.11 Å². The second-order valence-electron chi connectivity index (χ2n) is 6.00. The van der Waals surface area contributed by atoms with E-state index in [0.717, 1.165) is 28.9 Å². The lowest BCUT2D eigenvalue weighted by Gasteiger charge is -2.27. The lowest BCUT2D eigenvalue weighted by atomic mass is 10.1. The van der Waals surface area contributed by atoms with Gasteiger partial charge in [0.1, 0.15) is 0 Å². The molecule has 1 aliphatic rings. The van der Waals surface area contributed by atoms with Crippen LogP contribution in [0.4, 0.5) is 0 Å². The maximum absolute atomic E-state index is 10.3. The molecule has 1 aromatic carbocycles. The fraction of sp³-hybridized carbons (Fsp3) is 0.625. The maximum atomic E-state index is 10.3. The number of rotatable bonds is 7. The molecule has 0 aliphatic heterocycles. The Kier molecular flexibility index (Phi) is 5.91. The smallest absolute Gasteiger partial charge is 0.0816 e. The Bertz CT molecular complexity index is 448. The van der Waals surface area contributed by atoms with Gasteiger partial charge in [-0.25, -0.2) is 0 Å². The van der Waals surface area contributed by atoms with Crippen LogP contribution in [0.3, 0.4) is 0 Å². The minimum atomic E-state index is -0.490. The van der Waals surface area contributed by atoms with Gasteiger partial charge in [0.05, 0.1) is 6.10 Å². The normalized spacial score (nSPS) is 16.9. The van der Waals surface area contributed by atoms with Crippen LogP contribution in [0.25, 0.3) is 0 Å². The highest BCUT2D eigenvalue weighted by molar-refractivity contribution is 9.10. The highest BCUT2D eigenvalue weighted by atomic mass is 79.9. The van der Waals surface area contributed by atoms with E-state index in [0.29, 0.717) is 11.1 Å². The number of halogens is 2. The Morgan fingerprint density at radius 3 is 2.65 bits per heavy atom. The van der Waals surface area contributed by atoms with Crippen LogP contribution in [0.5, 0.6) is 0 Å². The van der Waals surface area contributed by atoms with E-state index in [1.807, 2.05) is 18.2 Å². The van der Waals surface area contributed by atoms with Crippen molar-refractivity contribution in [3.63, 3.8) is 0 Å². The second kappa shape index (κ2) is 7.26. The molecular weight excluding hydrogens is 338 g/mol. The largest absolute Gasteiger partial charge is 0.388 e. The number of aliphatic hydroxyl groups is 1. The molecule has 1 unspecified atom stereocenters. The summed E-state index contributed by atoms with van der Waals surface area (Å²) in [7, 11) is 0. The number of hydrogen-bond donors (Lipinski definition) is 1. The van der Waals surface area contributed by atoms with E-state index in [1.165, 1.54) is 19.4 Å². The van der Waals surface area contributed by atoms with Gasteiger partial charge in [0.25, 0.3) is 0 Å². The van der Waals surface area contributed by atoms with Gasteiger partial charge in [0, 0.05) is 28.6 Å². The third kappa shape index (κ3) is 4.73. The van der Waals surface area contributed by atoms with Crippen LogP contribution in [0.1, 0.15) is 44.8 Å². The fourth-order valence-corrected chi connectivity index (χ4v) is 3.21. The molecule has 0 saturated heterocycles. The van der Waals surface area contributed by atoms with E-state index >= 15 is 0 Å². The van der Waals surface area contributed by atoms with Gasteiger partial charge in [-0.05, 0) is 56.7 Å². The van der Waals surface area contributed by atoms with Crippen LogP contribution < -0.4 is 0 Å². The van der Waals surface area contributed by atoms with Crippen LogP contribution in [-0.2, 0) is 0 Å². The minimum absolute atomic E-state index is 0.490. The van der Waals surface area contributed by atoms with E-state index in [4.69, 9.17) is 11.6 Å². The van der Waals surface area contributed by atoms with Gasteiger partial charge in [-0.1, -0.05) is 33.6 Å². The molecule has 2 rings (SSSR count). The predicted molar refractivity (Wildman–Crippen MR) is 88.2 cm³/mol. The first-order valence-electron chi connectivity index (χ1n) is 7.34. The van der Waals surface area contributed by atoms with E-state index in [1.54, 1.807) is 0 Å². The summed E-state index contributed by atoms with van der Waals surface area (Å²) in [5.41, 5.74) is 0.824. The van der Waals surface area contributed by atoms with E-state index in [9.17, 15) is 5.11 Å². The minimum Gasteiger partial charge on any atom is -0.388 e. The molecule has 0 spiro atoms. The number of nitrogens with zero attached hydrogens (tertiary/aromatic N) is 1. The van der Waals surface area contributed by atoms with Crippen molar-refractivity contribution in [2.75, 3.05) is 13.1 Å². The quantitative estimate of drug-likeness (QED) is 0.765. The van der Waals surface area contributed by atoms with Gasteiger partial charge >= 0.3 is 0 Å². The molecule has 1 saturated carbocycles. The first-order chi connectivity index (χ1) is 9.47. The molecule has 0 amide bonds. The monoisotopic (exact) mass is 359 g/mol. The van der Waals surface area contributed by atoms with Crippen molar-refractivity contribution >= 4 is 27.5 Å². The van der Waals surface area contributed by atoms with Gasteiger partial charge in [0.15, 0.2) is 0 Å². The SMILES string of the molecule is CC(C)N(CCC(O)c1ccc(Br)cc1Cl)CC1CC1. The zero-order valence-corrected chi connectivity index (χ0v) is 14.5. The maximum Gasteiger partial charge on any atom is 0.0816 e. The van der Waals surface area contributed by atoms with Crippen molar-refractivity contribution in [3.05, 3.63) is 33.3 Å². The summed E-state index contributed by atoms with van der Waals surface area (Å²) in [4.78, 5) is 2.47. The Morgan fingerprint density at radius 1 is 1.40 bits per heavy atom. The van der Waals surface area contributed by atoms with E-state index in [-0.39, 0.29) is 0 Å². The number of hydrogen-bond acceptors (Lipinski definition) is 2. The van der Waals surface area contributed by atoms with Crippen LogP contribution in [0.15, 0.2) is 22.7 Å². The number of aliphatic hydroxyl groups excluding tert-OH is 1. The molecule has 1 aromatic rings. The molecule has 0 bridgehead atoms. The van der Waals surface area contributed by atoms with Crippen LogP contribution in [0.2, 0.25) is 5.02 Å². The van der Waals surface area contributed by atoms with Gasteiger partial charge in [-0.3, -0.25) is 0 Å². The Labute approximate surface area is 135 Å². The zero-order chi connectivity index (χ0) is 14.7. The van der Waals surface area contributed by atoms with Gasteiger partial charge < -0.3 is 10.0 Å². The van der Waals surface area contributed by atoms with Gasteiger partial charge in [-0.15, -0.1) is 0 Å². The Balaban J connectivity index is 1.90. The Morgan fingerprint density at radius 2 is 2.10 bits per heavy atom. The molecule has 4 heteroatoms. The van der Waals surface area contributed by atoms with Crippen LogP contribution in [0, 0.1) is 5.92 Å². The third-order valence-corrected chi connectivity index (χ3v) is 4.75. The number of benzene rings is 1. The highest BCUT2D eigenvalue weighted by Crippen LogP contribution is 2.31. The molecule has 1 fully saturated rings.